The van der Waals surface area contributed by atoms with Crippen LogP contribution in [0.2, 0.25) is 0 Å². The molecule has 5 N–H and O–H groups in total. The lowest BCUT2D eigenvalue weighted by Crippen LogP contribution is -2.58. The van der Waals surface area contributed by atoms with Gasteiger partial charge in [0, 0.05) is 37.9 Å². The fourth-order valence-corrected chi connectivity index (χ4v) is 6.41. The van der Waals surface area contributed by atoms with Gasteiger partial charge in [-0.1, -0.05) is 18.2 Å². The normalized spacial score (nSPS) is 20.4. The van der Waals surface area contributed by atoms with Crippen molar-refractivity contribution in [3.05, 3.63) is 36.4 Å². The number of aromatic nitrogens is 2. The summed E-state index contributed by atoms with van der Waals surface area (Å²) in [7, 11) is 0. The van der Waals surface area contributed by atoms with Gasteiger partial charge in [0.15, 0.2) is 11.6 Å². The van der Waals surface area contributed by atoms with E-state index in [4.69, 9.17) is 18.9 Å². The molecule has 4 amide bonds. The molecule has 17 nitrogen and oxygen atoms in total. The van der Waals surface area contributed by atoms with Gasteiger partial charge in [-0.05, 0) is 108 Å². The number of amides is 4. The van der Waals surface area contributed by atoms with E-state index in [0.717, 1.165) is 5.69 Å². The van der Waals surface area contributed by atoms with Gasteiger partial charge in [-0.25, -0.2) is 19.2 Å². The van der Waals surface area contributed by atoms with Crippen LogP contribution in [-0.4, -0.2) is 107 Å². The van der Waals surface area contributed by atoms with E-state index in [1.165, 1.54) is 0 Å². The molecule has 2 saturated heterocycles. The fraction of sp³-hybridized carbons (Fsp3) is 0.650. The molecule has 4 atom stereocenters. The Morgan fingerprint density at radius 2 is 0.895 bits per heavy atom. The second-order valence-corrected chi connectivity index (χ2v) is 18.6. The van der Waals surface area contributed by atoms with Gasteiger partial charge in [-0.3, -0.25) is 0 Å². The number of hydrogen-bond donors (Lipinski definition) is 5. The van der Waals surface area contributed by atoms with Gasteiger partial charge in [0.1, 0.15) is 22.4 Å². The number of nitrogens with one attached hydrogen (secondary N) is 5. The summed E-state index contributed by atoms with van der Waals surface area (Å²) in [6.45, 7) is 22.8. The molecule has 316 valence electrons. The Balaban J connectivity index is 1.72. The number of alkyl carbamates (subject to hydrolysis) is 4. The van der Waals surface area contributed by atoms with Crippen molar-refractivity contribution >= 4 is 47.4 Å². The minimum atomic E-state index is -0.718. The molecule has 1 aromatic heterocycles. The predicted molar refractivity (Wildman–Crippen MR) is 218 cm³/mol. The number of piperidine rings is 2. The number of rotatable bonds is 8. The first kappa shape index (κ1) is 44.5. The van der Waals surface area contributed by atoms with E-state index in [1.54, 1.807) is 83.1 Å². The average molecular weight is 798 g/mol. The molecule has 57 heavy (non-hydrogen) atoms. The topological polar surface area (TPSA) is 198 Å². The van der Waals surface area contributed by atoms with Crippen LogP contribution in [0.5, 0.6) is 0 Å². The molecule has 0 radical (unpaired) electrons. The first-order valence-corrected chi connectivity index (χ1v) is 19.5. The van der Waals surface area contributed by atoms with Gasteiger partial charge in [-0.15, -0.1) is 10.2 Å². The van der Waals surface area contributed by atoms with Gasteiger partial charge < -0.3 is 55.3 Å². The maximum absolute atomic E-state index is 13.0. The molecule has 3 heterocycles. The molecule has 17 heteroatoms. The van der Waals surface area contributed by atoms with Crippen LogP contribution >= 0.6 is 0 Å². The van der Waals surface area contributed by atoms with Gasteiger partial charge >= 0.3 is 24.4 Å². The van der Waals surface area contributed by atoms with Crippen LogP contribution in [0.25, 0.3) is 0 Å². The molecular formula is C40H63N9O8. The highest BCUT2D eigenvalue weighted by Crippen LogP contribution is 2.33. The van der Waals surface area contributed by atoms with Crippen LogP contribution in [0.1, 0.15) is 95.9 Å². The van der Waals surface area contributed by atoms with E-state index in [-0.39, 0.29) is 0 Å². The van der Waals surface area contributed by atoms with Gasteiger partial charge in [0.2, 0.25) is 0 Å². The summed E-state index contributed by atoms with van der Waals surface area (Å²) in [5.74, 6) is 0.900. The number of para-hydroxylation sites is 1. The molecule has 1 aromatic carbocycles. The second kappa shape index (κ2) is 17.9. The van der Waals surface area contributed by atoms with Crippen molar-refractivity contribution in [3.63, 3.8) is 0 Å². The molecule has 0 bridgehead atoms. The van der Waals surface area contributed by atoms with Gasteiger partial charge in [0.05, 0.1) is 29.9 Å². The first-order chi connectivity index (χ1) is 26.3. The standard InChI is InChI=1S/C40H63N9O8/c1-37(2,3)54-33(50)42-26-18-27(43-34(51)55-38(4,5)6)22-48(21-26)30-20-31(46-47-32(30)41-25-16-14-13-15-17-25)49-23-28(44-35(52)56-39(7,8)9)19-29(24-49)45-36(53)57-40(10,11)12/h13-17,20,26-29H,18-19,21-24H2,1-12H3,(H,41,47)(H,42,50)(H,43,51)(H,44,52)(H,45,53). The second-order valence-electron chi connectivity index (χ2n) is 18.6. The summed E-state index contributed by atoms with van der Waals surface area (Å²) in [5, 5.41) is 24.6. The minimum absolute atomic E-state index is 0.330. The monoisotopic (exact) mass is 797 g/mol. The number of hydrogen-bond acceptors (Lipinski definition) is 13. The van der Waals surface area contributed by atoms with Crippen molar-refractivity contribution < 1.29 is 38.1 Å². The number of nitrogens with zero attached hydrogens (tertiary/aromatic N) is 4. The third-order valence-electron chi connectivity index (χ3n) is 8.25. The SMILES string of the molecule is CC(C)(C)OC(=O)NC1CC(NC(=O)OC(C)(C)C)CN(c2cc(N3CC(NC(=O)OC(C)(C)C)CC(NC(=O)OC(C)(C)C)C3)c(Nc3ccccc3)nn2)C1. The van der Waals surface area contributed by atoms with Crippen LogP contribution in [0, 0.1) is 0 Å². The molecule has 0 spiro atoms. The largest absolute Gasteiger partial charge is 0.444 e. The van der Waals surface area contributed by atoms with Crippen molar-refractivity contribution in [2.75, 3.05) is 41.3 Å². The summed E-state index contributed by atoms with van der Waals surface area (Å²) in [4.78, 5) is 55.9. The fourth-order valence-electron chi connectivity index (χ4n) is 6.41. The van der Waals surface area contributed by atoms with Crippen molar-refractivity contribution in [3.8, 4) is 0 Å². The van der Waals surface area contributed by atoms with E-state index >= 15 is 0 Å². The molecule has 4 rings (SSSR count). The van der Waals surface area contributed by atoms with Crippen LogP contribution in [0.3, 0.4) is 0 Å². The number of benzene rings is 1. The maximum atomic E-state index is 13.0. The molecule has 0 saturated carbocycles. The lowest BCUT2D eigenvalue weighted by molar-refractivity contribution is 0.0452. The van der Waals surface area contributed by atoms with E-state index in [9.17, 15) is 19.2 Å². The maximum Gasteiger partial charge on any atom is 0.407 e. The highest BCUT2D eigenvalue weighted by molar-refractivity contribution is 5.75. The van der Waals surface area contributed by atoms with Crippen LogP contribution in [0.15, 0.2) is 36.4 Å². The number of carbonyl (C=O) groups excluding carboxylic acids is 4. The Bertz CT molecular complexity index is 1620. The van der Waals surface area contributed by atoms with Crippen molar-refractivity contribution in [2.24, 2.45) is 0 Å². The number of anilines is 4. The quantitative estimate of drug-likeness (QED) is 0.189. The van der Waals surface area contributed by atoms with Crippen molar-refractivity contribution in [1.29, 1.82) is 0 Å². The summed E-state index contributed by atoms with van der Waals surface area (Å²) in [6.07, 6.45) is -1.52. The summed E-state index contributed by atoms with van der Waals surface area (Å²) in [6, 6.07) is 9.60. The number of carbonyl (C=O) groups is 4. The van der Waals surface area contributed by atoms with Crippen LogP contribution in [0.4, 0.5) is 42.2 Å². The molecular weight excluding hydrogens is 734 g/mol. The smallest absolute Gasteiger partial charge is 0.407 e. The molecule has 2 fully saturated rings. The van der Waals surface area contributed by atoms with Crippen LogP contribution in [-0.2, 0) is 18.9 Å². The highest BCUT2D eigenvalue weighted by atomic mass is 16.6. The third-order valence-corrected chi connectivity index (χ3v) is 8.25. The Kier molecular flexibility index (Phi) is 14.0. The summed E-state index contributed by atoms with van der Waals surface area (Å²) < 4.78 is 22.3. The van der Waals surface area contributed by atoms with E-state index in [2.05, 4.69) is 36.8 Å². The molecule has 2 aliphatic rings. The molecule has 0 aliphatic carbocycles. The zero-order valence-electron chi connectivity index (χ0n) is 35.6. The molecule has 2 aromatic rings. The lowest BCUT2D eigenvalue weighted by Gasteiger charge is -2.41. The van der Waals surface area contributed by atoms with Crippen LogP contribution < -0.4 is 36.4 Å². The Hall–Kier alpha value is -5.22. The molecule has 4 unspecified atom stereocenters. The van der Waals surface area contributed by atoms with Crippen molar-refractivity contribution in [1.82, 2.24) is 31.5 Å². The zero-order chi connectivity index (χ0) is 42.3. The minimum Gasteiger partial charge on any atom is -0.444 e. The van der Waals surface area contributed by atoms with Gasteiger partial charge in [-0.2, -0.15) is 0 Å². The van der Waals surface area contributed by atoms with E-state index in [1.807, 2.05) is 46.2 Å². The summed E-state index contributed by atoms with van der Waals surface area (Å²) >= 11 is 0. The third kappa shape index (κ3) is 15.7. The molecule has 2 aliphatic heterocycles. The van der Waals surface area contributed by atoms with E-state index < -0.39 is 70.9 Å². The Morgan fingerprint density at radius 3 is 1.25 bits per heavy atom. The number of ether oxygens (including phenoxy) is 4. The Morgan fingerprint density at radius 1 is 0.544 bits per heavy atom. The van der Waals surface area contributed by atoms with E-state index in [0.29, 0.717) is 56.3 Å². The zero-order valence-corrected chi connectivity index (χ0v) is 35.6. The first-order valence-electron chi connectivity index (χ1n) is 19.5. The van der Waals surface area contributed by atoms with Gasteiger partial charge in [0.25, 0.3) is 0 Å². The highest BCUT2D eigenvalue weighted by Gasteiger charge is 2.36. The van der Waals surface area contributed by atoms with Crippen molar-refractivity contribution in [2.45, 2.75) is 142 Å². The predicted octanol–water partition coefficient (Wildman–Crippen LogP) is 6.21. The Labute approximate surface area is 336 Å². The average Bonchev–Trinajstić information content (AvgIpc) is 3.01. The summed E-state index contributed by atoms with van der Waals surface area (Å²) in [5.41, 5.74) is -1.46. The lowest BCUT2D eigenvalue weighted by atomic mass is 9.99.